The van der Waals surface area contributed by atoms with Crippen LogP contribution < -0.4 is 15.0 Å². The normalized spacial score (nSPS) is 18.2. The van der Waals surface area contributed by atoms with Crippen LogP contribution in [0, 0.1) is 11.3 Å². The number of nitriles is 1. The highest BCUT2D eigenvalue weighted by Gasteiger charge is 2.44. The Bertz CT molecular complexity index is 1380. The molecule has 2 atom stereocenters. The van der Waals surface area contributed by atoms with E-state index in [1.807, 2.05) is 6.07 Å². The first-order valence-corrected chi connectivity index (χ1v) is 11.7. The summed E-state index contributed by atoms with van der Waals surface area (Å²) in [6.07, 6.45) is -8.16. The molecule has 1 N–H and O–H groups in total. The van der Waals surface area contributed by atoms with Crippen molar-refractivity contribution in [1.29, 1.82) is 5.26 Å². The zero-order valence-corrected chi connectivity index (χ0v) is 20.6. The Labute approximate surface area is 219 Å². The van der Waals surface area contributed by atoms with E-state index in [-0.39, 0.29) is 6.42 Å². The molecule has 1 saturated heterocycles. The van der Waals surface area contributed by atoms with E-state index in [0.717, 1.165) is 24.4 Å². The minimum absolute atomic E-state index is 0.214. The lowest BCUT2D eigenvalue weighted by Crippen LogP contribution is -2.47. The Morgan fingerprint density at radius 1 is 1.03 bits per heavy atom. The van der Waals surface area contributed by atoms with Gasteiger partial charge >= 0.3 is 12.5 Å². The molecule has 0 aliphatic carbocycles. The van der Waals surface area contributed by atoms with E-state index in [0.29, 0.717) is 22.4 Å². The number of anilines is 1. The van der Waals surface area contributed by atoms with Gasteiger partial charge in [0.2, 0.25) is 5.91 Å². The molecule has 1 aromatic heterocycles. The first-order chi connectivity index (χ1) is 18.2. The van der Waals surface area contributed by atoms with Crippen molar-refractivity contribution in [3.8, 4) is 11.8 Å². The maximum Gasteiger partial charge on any atom is 0.573 e. The first kappa shape index (κ1) is 27.9. The van der Waals surface area contributed by atoms with Gasteiger partial charge in [-0.15, -0.1) is 13.2 Å². The number of hydrogen-bond donors (Lipinski definition) is 1. The van der Waals surface area contributed by atoms with E-state index in [2.05, 4.69) is 15.0 Å². The number of amides is 1. The molecule has 2 heterocycles. The largest absolute Gasteiger partial charge is 0.573 e. The van der Waals surface area contributed by atoms with Crippen molar-refractivity contribution in [2.75, 3.05) is 4.90 Å². The zero-order valence-electron chi connectivity index (χ0n) is 20.6. The van der Waals surface area contributed by atoms with Gasteiger partial charge in [0, 0.05) is 17.4 Å². The van der Waals surface area contributed by atoms with Crippen molar-refractivity contribution in [2.24, 2.45) is 0 Å². The van der Waals surface area contributed by atoms with Gasteiger partial charge in [0.25, 0.3) is 0 Å². The number of nitrogens with one attached hydrogen (secondary N) is 1. The minimum Gasteiger partial charge on any atom is -0.406 e. The summed E-state index contributed by atoms with van der Waals surface area (Å²) >= 11 is 0. The summed E-state index contributed by atoms with van der Waals surface area (Å²) in [6.45, 7) is 3.39. The predicted octanol–water partition coefficient (Wildman–Crippen LogP) is 6.24. The van der Waals surface area contributed by atoms with E-state index in [1.165, 1.54) is 23.1 Å². The predicted molar refractivity (Wildman–Crippen MR) is 128 cm³/mol. The number of aromatic nitrogens is 1. The lowest BCUT2D eigenvalue weighted by Gasteiger charge is -2.30. The molecule has 0 saturated carbocycles. The van der Waals surface area contributed by atoms with Gasteiger partial charge in [-0.3, -0.25) is 15.1 Å². The molecule has 1 fully saturated rings. The van der Waals surface area contributed by atoms with Crippen LogP contribution in [-0.4, -0.2) is 23.3 Å². The Morgan fingerprint density at radius 2 is 1.72 bits per heavy atom. The third kappa shape index (κ3) is 6.31. The minimum atomic E-state index is -4.88. The van der Waals surface area contributed by atoms with Crippen LogP contribution in [-0.2, 0) is 16.5 Å². The number of carbonyl (C=O) groups excluding carboxylic acids is 1. The number of carbonyl (C=O) groups is 1. The number of benzene rings is 2. The molecule has 2 unspecified atom stereocenters. The fraction of sp³-hybridized carbons (Fsp3) is 0.296. The van der Waals surface area contributed by atoms with Crippen molar-refractivity contribution in [2.45, 2.75) is 50.4 Å². The number of alkyl halides is 6. The first-order valence-electron chi connectivity index (χ1n) is 11.7. The Kier molecular flexibility index (Phi) is 7.32. The fourth-order valence-electron chi connectivity index (χ4n) is 4.54. The molecule has 1 amide bonds. The lowest BCUT2D eigenvalue weighted by molar-refractivity contribution is -0.274. The number of hydrogen-bond acceptors (Lipinski definition) is 5. The molecule has 3 aromatic rings. The quantitative estimate of drug-likeness (QED) is 0.369. The molecular weight excluding hydrogens is 526 g/mol. The van der Waals surface area contributed by atoms with Crippen molar-refractivity contribution in [3.05, 3.63) is 89.2 Å². The van der Waals surface area contributed by atoms with Crippen LogP contribution in [0.4, 0.5) is 32.0 Å². The van der Waals surface area contributed by atoms with Gasteiger partial charge in [-0.2, -0.15) is 18.4 Å². The molecule has 12 heteroatoms. The number of rotatable bonds is 6. The Morgan fingerprint density at radius 3 is 2.28 bits per heavy atom. The van der Waals surface area contributed by atoms with Gasteiger partial charge in [-0.05, 0) is 73.9 Å². The molecule has 1 aliphatic rings. The van der Waals surface area contributed by atoms with Crippen LogP contribution in [0.25, 0.3) is 0 Å². The molecular formula is C27H22F6N4O2. The molecule has 0 bridgehead atoms. The average molecular weight is 548 g/mol. The highest BCUT2D eigenvalue weighted by Crippen LogP contribution is 2.40. The monoisotopic (exact) mass is 548 g/mol. The standard InChI is InChI=1S/C27H22F6N4O2/c1-25(2,18-6-11-23(35-15-18)26(28,29)30)36-21-13-22(17-5-3-4-16(12-17)14-34)37(24(21)38)19-7-9-20(10-8-19)39-27(31,32)33/h3-12,15,21-22,36H,13H2,1-2H3. The molecule has 2 aromatic carbocycles. The molecule has 4 rings (SSSR count). The highest BCUT2D eigenvalue weighted by atomic mass is 19.4. The van der Waals surface area contributed by atoms with Crippen LogP contribution >= 0.6 is 0 Å². The Balaban J connectivity index is 1.65. The lowest BCUT2D eigenvalue weighted by atomic mass is 9.93. The van der Waals surface area contributed by atoms with Gasteiger partial charge in [0.05, 0.1) is 23.7 Å². The summed E-state index contributed by atoms with van der Waals surface area (Å²) in [7, 11) is 0. The summed E-state index contributed by atoms with van der Waals surface area (Å²) in [5, 5.41) is 12.5. The zero-order chi connectivity index (χ0) is 28.6. The smallest absolute Gasteiger partial charge is 0.406 e. The fourth-order valence-corrected chi connectivity index (χ4v) is 4.54. The molecule has 0 spiro atoms. The van der Waals surface area contributed by atoms with E-state index in [4.69, 9.17) is 0 Å². The van der Waals surface area contributed by atoms with Gasteiger partial charge in [0.15, 0.2) is 0 Å². The van der Waals surface area contributed by atoms with Gasteiger partial charge in [-0.1, -0.05) is 18.2 Å². The summed E-state index contributed by atoms with van der Waals surface area (Å²) < 4.78 is 80.6. The van der Waals surface area contributed by atoms with Gasteiger partial charge in [-0.25, -0.2) is 0 Å². The van der Waals surface area contributed by atoms with Crippen molar-refractivity contribution in [3.63, 3.8) is 0 Å². The second-order valence-corrected chi connectivity index (χ2v) is 9.49. The number of ether oxygens (including phenoxy) is 1. The summed E-state index contributed by atoms with van der Waals surface area (Å²) in [5.74, 6) is -0.855. The molecule has 39 heavy (non-hydrogen) atoms. The van der Waals surface area contributed by atoms with Crippen LogP contribution in [0.3, 0.4) is 0 Å². The number of pyridine rings is 1. The molecule has 6 nitrogen and oxygen atoms in total. The van der Waals surface area contributed by atoms with Crippen molar-refractivity contribution >= 4 is 11.6 Å². The van der Waals surface area contributed by atoms with Gasteiger partial charge < -0.3 is 9.64 Å². The molecule has 204 valence electrons. The van der Waals surface area contributed by atoms with Crippen LogP contribution in [0.15, 0.2) is 66.9 Å². The van der Waals surface area contributed by atoms with E-state index in [9.17, 15) is 36.4 Å². The Hall–Kier alpha value is -4.11. The maximum absolute atomic E-state index is 13.7. The summed E-state index contributed by atoms with van der Waals surface area (Å²) in [4.78, 5) is 18.6. The topological polar surface area (TPSA) is 78.3 Å². The van der Waals surface area contributed by atoms with Crippen LogP contribution in [0.5, 0.6) is 5.75 Å². The molecule has 0 radical (unpaired) electrons. The highest BCUT2D eigenvalue weighted by molar-refractivity contribution is 6.00. The van der Waals surface area contributed by atoms with Crippen LogP contribution in [0.2, 0.25) is 0 Å². The third-order valence-corrected chi connectivity index (χ3v) is 6.37. The van der Waals surface area contributed by atoms with E-state index in [1.54, 1.807) is 38.1 Å². The van der Waals surface area contributed by atoms with Crippen molar-refractivity contribution in [1.82, 2.24) is 10.3 Å². The number of halogens is 6. The third-order valence-electron chi connectivity index (χ3n) is 6.37. The summed E-state index contributed by atoms with van der Waals surface area (Å²) in [6, 6.07) is 14.3. The van der Waals surface area contributed by atoms with E-state index >= 15 is 0 Å². The number of nitrogens with zero attached hydrogens (tertiary/aromatic N) is 3. The SMILES string of the molecule is CC(C)(NC1CC(c2cccc(C#N)c2)N(c2ccc(OC(F)(F)F)cc2)C1=O)c1ccc(C(F)(F)F)nc1. The van der Waals surface area contributed by atoms with Crippen molar-refractivity contribution < 1.29 is 35.9 Å². The second kappa shape index (κ2) is 10.2. The second-order valence-electron chi connectivity index (χ2n) is 9.49. The van der Waals surface area contributed by atoms with E-state index < -0.39 is 47.5 Å². The summed E-state index contributed by atoms with van der Waals surface area (Å²) in [5.41, 5.74) is -0.298. The molecule has 1 aliphatic heterocycles. The maximum atomic E-state index is 13.7. The van der Waals surface area contributed by atoms with Crippen LogP contribution in [0.1, 0.15) is 48.7 Å². The average Bonchev–Trinajstić information content (AvgIpc) is 3.18. The van der Waals surface area contributed by atoms with Gasteiger partial charge in [0.1, 0.15) is 11.4 Å².